The number of halogens is 3. The second kappa shape index (κ2) is 11.1. The SMILES string of the molecule is CCS(=O)(=O)c1cnc(CNC(=O)c2cnc3c(c2)CN(Cc2ccc(C(F)(F)F)cc2)C3C(C)C)c(C)c1. The normalized spacial score (nSPS) is 15.9. The van der Waals surface area contributed by atoms with Gasteiger partial charge in [0, 0.05) is 25.5 Å². The summed E-state index contributed by atoms with van der Waals surface area (Å²) < 4.78 is 63.0. The molecule has 4 rings (SSSR count). The fourth-order valence-electron chi connectivity index (χ4n) is 4.82. The molecule has 0 saturated carbocycles. The lowest BCUT2D eigenvalue weighted by molar-refractivity contribution is -0.137. The van der Waals surface area contributed by atoms with Gasteiger partial charge in [-0.2, -0.15) is 13.2 Å². The first-order chi connectivity index (χ1) is 18.3. The van der Waals surface area contributed by atoms with Crippen molar-refractivity contribution in [1.82, 2.24) is 20.2 Å². The van der Waals surface area contributed by atoms with Gasteiger partial charge in [0.05, 0.1) is 45.7 Å². The zero-order valence-electron chi connectivity index (χ0n) is 22.2. The van der Waals surface area contributed by atoms with Crippen LogP contribution in [0.4, 0.5) is 13.2 Å². The molecule has 11 heteroatoms. The third kappa shape index (κ3) is 6.30. The molecule has 208 valence electrons. The minimum atomic E-state index is -4.38. The molecule has 1 unspecified atom stereocenters. The Morgan fingerprint density at radius 2 is 1.82 bits per heavy atom. The van der Waals surface area contributed by atoms with Crippen molar-refractivity contribution in [2.75, 3.05) is 5.75 Å². The van der Waals surface area contributed by atoms with Gasteiger partial charge in [-0.05, 0) is 53.8 Å². The molecule has 1 N–H and O–H groups in total. The standard InChI is InChI=1S/C28H31F3N4O3S/c1-5-39(37,38)23-10-18(4)24(32-13-23)14-34-27(36)20-11-21-16-35(26(17(2)3)25(21)33-12-20)15-19-6-8-22(9-7-19)28(29,30)31/h6-13,17,26H,5,14-16H2,1-4H3,(H,34,36). The highest BCUT2D eigenvalue weighted by molar-refractivity contribution is 7.91. The summed E-state index contributed by atoms with van der Waals surface area (Å²) in [6.45, 7) is 8.54. The number of fused-ring (bicyclic) bond motifs is 1. The van der Waals surface area contributed by atoms with E-state index in [4.69, 9.17) is 0 Å². The number of nitrogens with one attached hydrogen (secondary N) is 1. The van der Waals surface area contributed by atoms with Gasteiger partial charge in [-0.15, -0.1) is 0 Å². The number of carbonyl (C=O) groups is 1. The fourth-order valence-corrected chi connectivity index (χ4v) is 5.72. The summed E-state index contributed by atoms with van der Waals surface area (Å²) in [7, 11) is -3.37. The topological polar surface area (TPSA) is 92.3 Å². The summed E-state index contributed by atoms with van der Waals surface area (Å²) in [5, 5.41) is 2.83. The molecule has 1 aliphatic heterocycles. The first-order valence-electron chi connectivity index (χ1n) is 12.7. The summed E-state index contributed by atoms with van der Waals surface area (Å²) in [5.74, 6) is -0.157. The summed E-state index contributed by atoms with van der Waals surface area (Å²) in [6.07, 6.45) is -1.54. The van der Waals surface area contributed by atoms with Gasteiger partial charge >= 0.3 is 6.18 Å². The quantitative estimate of drug-likeness (QED) is 0.405. The van der Waals surface area contributed by atoms with Crippen LogP contribution in [-0.4, -0.2) is 34.9 Å². The Labute approximate surface area is 226 Å². The predicted octanol–water partition coefficient (Wildman–Crippen LogP) is 5.24. The smallest absolute Gasteiger partial charge is 0.346 e. The summed E-state index contributed by atoms with van der Waals surface area (Å²) >= 11 is 0. The highest BCUT2D eigenvalue weighted by Gasteiger charge is 2.35. The average molecular weight is 561 g/mol. The van der Waals surface area contributed by atoms with Crippen LogP contribution in [0.5, 0.6) is 0 Å². The molecule has 3 aromatic rings. The zero-order chi connectivity index (χ0) is 28.5. The van der Waals surface area contributed by atoms with Gasteiger partial charge in [0.1, 0.15) is 0 Å². The van der Waals surface area contributed by atoms with E-state index in [1.54, 1.807) is 26.0 Å². The number of pyridine rings is 2. The van der Waals surface area contributed by atoms with Crippen molar-refractivity contribution in [2.45, 2.75) is 64.4 Å². The molecule has 1 amide bonds. The first kappa shape index (κ1) is 28.7. The van der Waals surface area contributed by atoms with Crippen LogP contribution in [0, 0.1) is 12.8 Å². The lowest BCUT2D eigenvalue weighted by atomic mass is 9.99. The number of hydrogen-bond donors (Lipinski definition) is 1. The Morgan fingerprint density at radius 1 is 1.13 bits per heavy atom. The van der Waals surface area contributed by atoms with Gasteiger partial charge in [-0.3, -0.25) is 19.7 Å². The number of aryl methyl sites for hydroxylation is 1. The van der Waals surface area contributed by atoms with Crippen LogP contribution in [-0.2, 0) is 35.6 Å². The molecule has 0 spiro atoms. The number of alkyl halides is 3. The molecule has 7 nitrogen and oxygen atoms in total. The molecule has 0 aliphatic carbocycles. The summed E-state index contributed by atoms with van der Waals surface area (Å²) in [5.41, 5.74) is 3.46. The number of aromatic nitrogens is 2. The van der Waals surface area contributed by atoms with E-state index in [9.17, 15) is 26.4 Å². The maximum atomic E-state index is 12.9. The van der Waals surface area contributed by atoms with Gasteiger partial charge in [0.25, 0.3) is 5.91 Å². The van der Waals surface area contributed by atoms with Crippen molar-refractivity contribution in [3.63, 3.8) is 0 Å². The molecule has 0 bridgehead atoms. The maximum absolute atomic E-state index is 12.9. The van der Waals surface area contributed by atoms with Gasteiger partial charge < -0.3 is 5.32 Å². The lowest BCUT2D eigenvalue weighted by Gasteiger charge is -2.27. The van der Waals surface area contributed by atoms with E-state index >= 15 is 0 Å². The third-order valence-electron chi connectivity index (χ3n) is 6.93. The van der Waals surface area contributed by atoms with Crippen LogP contribution in [0.3, 0.4) is 0 Å². The first-order valence-corrected chi connectivity index (χ1v) is 14.3. The van der Waals surface area contributed by atoms with Crippen molar-refractivity contribution in [3.05, 3.63) is 88.0 Å². The molecule has 1 aromatic carbocycles. The van der Waals surface area contributed by atoms with Gasteiger partial charge in [-0.25, -0.2) is 8.42 Å². The fraction of sp³-hybridized carbons (Fsp3) is 0.393. The number of sulfone groups is 1. The summed E-state index contributed by atoms with van der Waals surface area (Å²) in [6, 6.07) is 8.50. The Kier molecular flexibility index (Phi) is 8.13. The minimum Gasteiger partial charge on any atom is -0.346 e. The molecular formula is C28H31F3N4O3S. The number of amides is 1. The van der Waals surface area contributed by atoms with Crippen LogP contribution in [0.15, 0.2) is 53.7 Å². The van der Waals surface area contributed by atoms with E-state index in [0.717, 1.165) is 29.0 Å². The molecule has 0 fully saturated rings. The average Bonchev–Trinajstić information content (AvgIpc) is 3.24. The predicted molar refractivity (Wildman–Crippen MR) is 140 cm³/mol. The van der Waals surface area contributed by atoms with E-state index in [-0.39, 0.29) is 35.1 Å². The number of carbonyl (C=O) groups excluding carboxylic acids is 1. The van der Waals surface area contributed by atoms with Gasteiger partial charge in [-0.1, -0.05) is 32.9 Å². The number of rotatable bonds is 8. The molecule has 1 atom stereocenters. The van der Waals surface area contributed by atoms with E-state index in [1.165, 1.54) is 24.5 Å². The van der Waals surface area contributed by atoms with Crippen LogP contribution < -0.4 is 5.32 Å². The Morgan fingerprint density at radius 3 is 2.41 bits per heavy atom. The Hall–Kier alpha value is -3.31. The molecule has 2 aromatic heterocycles. The van der Waals surface area contributed by atoms with E-state index in [2.05, 4.69) is 34.0 Å². The second-order valence-electron chi connectivity index (χ2n) is 10.1. The van der Waals surface area contributed by atoms with Crippen molar-refractivity contribution in [2.24, 2.45) is 5.92 Å². The molecule has 39 heavy (non-hydrogen) atoms. The van der Waals surface area contributed by atoms with E-state index < -0.39 is 21.6 Å². The van der Waals surface area contributed by atoms with Gasteiger partial charge in [0.2, 0.25) is 0 Å². The number of nitrogens with zero attached hydrogens (tertiary/aromatic N) is 3. The number of hydrogen-bond acceptors (Lipinski definition) is 6. The lowest BCUT2D eigenvalue weighted by Crippen LogP contribution is -2.26. The Balaban J connectivity index is 1.46. The maximum Gasteiger partial charge on any atom is 0.416 e. The van der Waals surface area contributed by atoms with E-state index in [0.29, 0.717) is 29.9 Å². The molecule has 3 heterocycles. The molecular weight excluding hydrogens is 529 g/mol. The second-order valence-corrected chi connectivity index (χ2v) is 12.4. The third-order valence-corrected chi connectivity index (χ3v) is 8.63. The van der Waals surface area contributed by atoms with Crippen molar-refractivity contribution < 1.29 is 26.4 Å². The molecule has 0 saturated heterocycles. The zero-order valence-corrected chi connectivity index (χ0v) is 23.0. The van der Waals surface area contributed by atoms with Crippen LogP contribution in [0.2, 0.25) is 0 Å². The van der Waals surface area contributed by atoms with Crippen LogP contribution in [0.1, 0.15) is 70.8 Å². The van der Waals surface area contributed by atoms with Crippen LogP contribution in [0.25, 0.3) is 0 Å². The van der Waals surface area contributed by atoms with Crippen molar-refractivity contribution >= 4 is 15.7 Å². The Bertz CT molecular complexity index is 1470. The summed E-state index contributed by atoms with van der Waals surface area (Å²) in [4.78, 5) is 24.1. The highest BCUT2D eigenvalue weighted by atomic mass is 32.2. The van der Waals surface area contributed by atoms with E-state index in [1.807, 2.05) is 0 Å². The van der Waals surface area contributed by atoms with Crippen molar-refractivity contribution in [1.29, 1.82) is 0 Å². The molecule has 1 aliphatic rings. The van der Waals surface area contributed by atoms with Crippen LogP contribution >= 0.6 is 0 Å². The minimum absolute atomic E-state index is 0.0189. The monoisotopic (exact) mass is 560 g/mol. The van der Waals surface area contributed by atoms with Crippen molar-refractivity contribution in [3.8, 4) is 0 Å². The molecule has 0 radical (unpaired) electrons. The van der Waals surface area contributed by atoms with Gasteiger partial charge in [0.15, 0.2) is 9.84 Å². The highest BCUT2D eigenvalue weighted by Crippen LogP contribution is 2.39. The largest absolute Gasteiger partial charge is 0.416 e. The number of benzene rings is 1.